The van der Waals surface area contributed by atoms with Gasteiger partial charge < -0.3 is 0 Å². The molecule has 0 amide bonds. The molecule has 0 N–H and O–H groups in total. The summed E-state index contributed by atoms with van der Waals surface area (Å²) in [6.45, 7) is 1.09. The maximum Gasteiger partial charge on any atom is 0.169 e. The van der Waals surface area contributed by atoms with E-state index >= 15 is 0 Å². The van der Waals surface area contributed by atoms with E-state index in [4.69, 9.17) is 0 Å². The molecule has 0 saturated carbocycles. The highest BCUT2D eigenvalue weighted by Gasteiger charge is 1.98. The van der Waals surface area contributed by atoms with Crippen molar-refractivity contribution in [2.75, 3.05) is 5.33 Å². The highest BCUT2D eigenvalue weighted by Crippen LogP contribution is 2.06. The number of halogens is 1. The molecule has 0 aliphatic rings. The van der Waals surface area contributed by atoms with Gasteiger partial charge in [0, 0.05) is 23.9 Å². The van der Waals surface area contributed by atoms with Crippen LogP contribution in [0.4, 0.5) is 0 Å². The van der Waals surface area contributed by atoms with Gasteiger partial charge in [-0.05, 0) is 17.5 Å². The Hall–Kier alpha value is -1.41. The molecule has 19 heavy (non-hydrogen) atoms. The summed E-state index contributed by atoms with van der Waals surface area (Å²) in [5, 5.41) is 1.09. The molecular weight excluding hydrogens is 298 g/mol. The van der Waals surface area contributed by atoms with Crippen LogP contribution in [0.15, 0.2) is 54.9 Å². The summed E-state index contributed by atoms with van der Waals surface area (Å²) in [4.78, 5) is 0. The summed E-state index contributed by atoms with van der Waals surface area (Å²) in [6.07, 6.45) is 11.0. The van der Waals surface area contributed by atoms with E-state index in [0.29, 0.717) is 0 Å². The number of benzene rings is 1. The second kappa shape index (κ2) is 7.90. The summed E-state index contributed by atoms with van der Waals surface area (Å²) in [7, 11) is 0. The largest absolute Gasteiger partial charge is 0.205 e. The van der Waals surface area contributed by atoms with Gasteiger partial charge in [0.15, 0.2) is 12.4 Å². The van der Waals surface area contributed by atoms with Crippen molar-refractivity contribution >= 4 is 28.1 Å². The quantitative estimate of drug-likeness (QED) is 0.424. The molecule has 0 bridgehead atoms. The predicted molar refractivity (Wildman–Crippen MR) is 85.0 cm³/mol. The van der Waals surface area contributed by atoms with Crippen LogP contribution >= 0.6 is 15.9 Å². The van der Waals surface area contributed by atoms with Gasteiger partial charge >= 0.3 is 0 Å². The number of aryl methyl sites for hydroxylation is 1. The summed E-state index contributed by atoms with van der Waals surface area (Å²) in [6, 6.07) is 14.7. The van der Waals surface area contributed by atoms with E-state index < -0.39 is 0 Å². The molecule has 98 valence electrons. The lowest BCUT2D eigenvalue weighted by molar-refractivity contribution is -0.697. The number of alkyl halides is 1. The number of nitrogens with zero attached hydrogens (tertiary/aromatic N) is 1. The molecule has 0 radical (unpaired) electrons. The fourth-order valence-corrected chi connectivity index (χ4v) is 2.27. The zero-order chi connectivity index (χ0) is 13.3. The van der Waals surface area contributed by atoms with E-state index in [2.05, 4.69) is 81.4 Å². The van der Waals surface area contributed by atoms with Crippen LogP contribution in [0.2, 0.25) is 0 Å². The third-order valence-electron chi connectivity index (χ3n) is 2.98. The van der Waals surface area contributed by atoms with Crippen molar-refractivity contribution in [1.29, 1.82) is 0 Å². The Kier molecular flexibility index (Phi) is 5.83. The monoisotopic (exact) mass is 316 g/mol. The Labute approximate surface area is 123 Å². The van der Waals surface area contributed by atoms with E-state index in [1.54, 1.807) is 0 Å². The number of hydrogen-bond donors (Lipinski definition) is 0. The van der Waals surface area contributed by atoms with E-state index in [1.165, 1.54) is 24.0 Å². The molecule has 1 heterocycles. The fraction of sp³-hybridized carbons (Fsp3) is 0.235. The molecule has 0 unspecified atom stereocenters. The van der Waals surface area contributed by atoms with Crippen LogP contribution < -0.4 is 4.57 Å². The van der Waals surface area contributed by atoms with Crippen molar-refractivity contribution in [3.05, 3.63) is 66.0 Å². The first-order valence-electron chi connectivity index (χ1n) is 6.67. The molecule has 0 aliphatic heterocycles. The number of rotatable bonds is 6. The molecule has 0 atom stereocenters. The van der Waals surface area contributed by atoms with Crippen LogP contribution in [0.3, 0.4) is 0 Å². The molecule has 2 aromatic rings. The van der Waals surface area contributed by atoms with Crippen LogP contribution in [-0.2, 0) is 6.54 Å². The summed E-state index contributed by atoms with van der Waals surface area (Å²) >= 11 is 3.46. The second-order valence-corrected chi connectivity index (χ2v) is 5.30. The average Bonchev–Trinajstić information content (AvgIpc) is 2.48. The third kappa shape index (κ3) is 4.99. The lowest BCUT2D eigenvalue weighted by Gasteiger charge is -1.97. The van der Waals surface area contributed by atoms with Gasteiger partial charge in [-0.3, -0.25) is 0 Å². The Bertz CT molecular complexity index is 503. The SMILES string of the molecule is BrCCCC[n+]1ccc(/C=C/c2ccccc2)cc1. The van der Waals surface area contributed by atoms with Gasteiger partial charge in [0.1, 0.15) is 6.54 Å². The number of pyridine rings is 1. The molecule has 0 saturated heterocycles. The number of unbranched alkanes of at least 4 members (excludes halogenated alkanes) is 1. The zero-order valence-electron chi connectivity index (χ0n) is 11.0. The standard InChI is InChI=1S/C17H19BrN/c18-12-4-5-13-19-14-10-17(11-15-19)9-8-16-6-2-1-3-7-16/h1-3,6-11,14-15H,4-5,12-13H2/q+1/b9-8+. The third-order valence-corrected chi connectivity index (χ3v) is 3.55. The molecular formula is C17H19BrN+. The molecule has 0 fully saturated rings. The summed E-state index contributed by atoms with van der Waals surface area (Å²) in [5.74, 6) is 0. The molecule has 0 aliphatic carbocycles. The highest BCUT2D eigenvalue weighted by molar-refractivity contribution is 9.09. The molecule has 1 nitrogen and oxygen atoms in total. The van der Waals surface area contributed by atoms with Crippen LogP contribution in [0, 0.1) is 0 Å². The molecule has 1 aromatic heterocycles. The maximum absolute atomic E-state index is 3.46. The van der Waals surface area contributed by atoms with Gasteiger partial charge in [0.2, 0.25) is 0 Å². The van der Waals surface area contributed by atoms with Crippen molar-refractivity contribution in [2.24, 2.45) is 0 Å². The second-order valence-electron chi connectivity index (χ2n) is 4.51. The van der Waals surface area contributed by atoms with Gasteiger partial charge in [0.25, 0.3) is 0 Å². The lowest BCUT2D eigenvalue weighted by Crippen LogP contribution is -2.32. The predicted octanol–water partition coefficient (Wildman–Crippen LogP) is 4.32. The first-order chi connectivity index (χ1) is 9.38. The molecule has 0 spiro atoms. The Morgan fingerprint density at radius 2 is 1.47 bits per heavy atom. The van der Waals surface area contributed by atoms with Crippen molar-refractivity contribution in [2.45, 2.75) is 19.4 Å². The fourth-order valence-electron chi connectivity index (χ4n) is 1.87. The van der Waals surface area contributed by atoms with Crippen molar-refractivity contribution in [3.8, 4) is 0 Å². The highest BCUT2D eigenvalue weighted by atomic mass is 79.9. The average molecular weight is 317 g/mol. The smallest absolute Gasteiger partial charge is 0.169 e. The Morgan fingerprint density at radius 3 is 2.11 bits per heavy atom. The molecule has 2 rings (SSSR count). The van der Waals surface area contributed by atoms with Crippen LogP contribution in [-0.4, -0.2) is 5.33 Å². The molecule has 2 heteroatoms. The van der Waals surface area contributed by atoms with Gasteiger partial charge in [0.05, 0.1) is 0 Å². The first-order valence-corrected chi connectivity index (χ1v) is 7.79. The Morgan fingerprint density at radius 1 is 0.842 bits per heavy atom. The van der Waals surface area contributed by atoms with Crippen LogP contribution in [0.1, 0.15) is 24.0 Å². The maximum atomic E-state index is 3.46. The van der Waals surface area contributed by atoms with Crippen molar-refractivity contribution < 1.29 is 4.57 Å². The topological polar surface area (TPSA) is 3.88 Å². The van der Waals surface area contributed by atoms with E-state index in [-0.39, 0.29) is 0 Å². The zero-order valence-corrected chi connectivity index (χ0v) is 12.6. The first kappa shape index (κ1) is 14.0. The minimum absolute atomic E-state index is 1.09. The van der Waals surface area contributed by atoms with Crippen LogP contribution in [0.25, 0.3) is 12.2 Å². The minimum atomic E-state index is 1.09. The van der Waals surface area contributed by atoms with Crippen molar-refractivity contribution in [1.82, 2.24) is 0 Å². The van der Waals surface area contributed by atoms with E-state index in [0.717, 1.165) is 11.9 Å². The number of hydrogen-bond acceptors (Lipinski definition) is 0. The normalized spacial score (nSPS) is 11.0. The van der Waals surface area contributed by atoms with Gasteiger partial charge in [-0.25, -0.2) is 4.57 Å². The summed E-state index contributed by atoms with van der Waals surface area (Å²) < 4.78 is 2.24. The minimum Gasteiger partial charge on any atom is -0.205 e. The Balaban J connectivity index is 1.93. The van der Waals surface area contributed by atoms with Crippen molar-refractivity contribution in [3.63, 3.8) is 0 Å². The van der Waals surface area contributed by atoms with Gasteiger partial charge in [-0.2, -0.15) is 0 Å². The van der Waals surface area contributed by atoms with E-state index in [1.807, 2.05) is 6.07 Å². The number of aromatic nitrogens is 1. The molecule has 1 aromatic carbocycles. The lowest BCUT2D eigenvalue weighted by atomic mass is 10.1. The van der Waals surface area contributed by atoms with E-state index in [9.17, 15) is 0 Å². The summed E-state index contributed by atoms with van der Waals surface area (Å²) in [5.41, 5.74) is 2.47. The van der Waals surface area contributed by atoms with Gasteiger partial charge in [-0.15, -0.1) is 0 Å². The van der Waals surface area contributed by atoms with Crippen LogP contribution in [0.5, 0.6) is 0 Å². The van der Waals surface area contributed by atoms with Gasteiger partial charge in [-0.1, -0.05) is 58.4 Å².